The fourth-order valence-corrected chi connectivity index (χ4v) is 5.83. The minimum atomic E-state index is -0.992. The summed E-state index contributed by atoms with van der Waals surface area (Å²) in [5.41, 5.74) is 2.35. The van der Waals surface area contributed by atoms with E-state index >= 15 is 0 Å². The van der Waals surface area contributed by atoms with Crippen molar-refractivity contribution in [3.8, 4) is 0 Å². The smallest absolute Gasteiger partial charge is 0.339 e. The Morgan fingerprint density at radius 2 is 1.83 bits per heavy atom. The Morgan fingerprint density at radius 3 is 2.43 bits per heavy atom. The number of carbonyl (C=O) groups is 2. The molecule has 30 heavy (non-hydrogen) atoms. The average molecular weight is 431 g/mol. The lowest BCUT2D eigenvalue weighted by atomic mass is 9.65. The summed E-state index contributed by atoms with van der Waals surface area (Å²) in [6, 6.07) is 7.11. The molecule has 1 heterocycles. The molecule has 0 spiro atoms. The van der Waals surface area contributed by atoms with Gasteiger partial charge in [-0.05, 0) is 53.5 Å². The number of aromatic carboxylic acids is 1. The van der Waals surface area contributed by atoms with Gasteiger partial charge in [0.15, 0.2) is 0 Å². The van der Waals surface area contributed by atoms with E-state index in [4.69, 9.17) is 4.74 Å². The number of amides is 1. The molecule has 1 aliphatic carbocycles. The lowest BCUT2D eigenvalue weighted by Crippen LogP contribution is -2.34. The molecule has 1 amide bonds. The number of anilines is 2. The number of methoxy groups -OCH3 is 1. The van der Waals surface area contributed by atoms with Crippen molar-refractivity contribution in [1.82, 2.24) is 0 Å². The minimum absolute atomic E-state index is 0.00863. The van der Waals surface area contributed by atoms with E-state index < -0.39 is 5.97 Å². The van der Waals surface area contributed by atoms with Crippen LogP contribution in [0.4, 0.5) is 10.7 Å². The van der Waals surface area contributed by atoms with Gasteiger partial charge in [-0.25, -0.2) is 4.79 Å². The SMILES string of the molecule is COCCNc1ccc(C(=O)Nc2sc3c(c2C(=O)O)CC(C)(C)CC3(C)C)cc1. The van der Waals surface area contributed by atoms with Gasteiger partial charge >= 0.3 is 5.97 Å². The fourth-order valence-electron chi connectivity index (χ4n) is 4.52. The van der Waals surface area contributed by atoms with E-state index in [1.54, 1.807) is 19.2 Å². The third-order valence-corrected chi connectivity index (χ3v) is 6.93. The third-order valence-electron chi connectivity index (χ3n) is 5.42. The van der Waals surface area contributed by atoms with E-state index in [0.717, 1.165) is 22.5 Å². The molecule has 0 radical (unpaired) electrons. The van der Waals surface area contributed by atoms with Gasteiger partial charge in [0, 0.05) is 29.8 Å². The second-order valence-electron chi connectivity index (χ2n) is 9.27. The standard InChI is InChI=1S/C23H30N2O4S/c1-22(2)12-16-17(21(27)28)20(30-18(16)23(3,4)13-22)25-19(26)14-6-8-15(9-7-14)24-10-11-29-5/h6-9,24H,10-13H2,1-5H3,(H,25,26)(H,27,28). The van der Waals surface area contributed by atoms with Crippen molar-refractivity contribution >= 4 is 33.9 Å². The summed E-state index contributed by atoms with van der Waals surface area (Å²) < 4.78 is 5.01. The lowest BCUT2D eigenvalue weighted by molar-refractivity contribution is 0.0696. The molecule has 1 aromatic carbocycles. The van der Waals surface area contributed by atoms with Crippen LogP contribution in [0.1, 0.15) is 65.3 Å². The lowest BCUT2D eigenvalue weighted by Gasteiger charge is -2.40. The van der Waals surface area contributed by atoms with Crippen LogP contribution in [0.3, 0.4) is 0 Å². The number of rotatable bonds is 7. The number of hydrogen-bond acceptors (Lipinski definition) is 5. The first-order valence-corrected chi connectivity index (χ1v) is 10.9. The number of fused-ring (bicyclic) bond motifs is 1. The maximum Gasteiger partial charge on any atom is 0.339 e. The van der Waals surface area contributed by atoms with Crippen LogP contribution >= 0.6 is 11.3 Å². The van der Waals surface area contributed by atoms with Gasteiger partial charge in [-0.15, -0.1) is 11.3 Å². The van der Waals surface area contributed by atoms with Gasteiger partial charge in [-0.2, -0.15) is 0 Å². The van der Waals surface area contributed by atoms with E-state index in [2.05, 4.69) is 38.3 Å². The molecule has 0 unspecified atom stereocenters. The van der Waals surface area contributed by atoms with Crippen molar-refractivity contribution in [3.05, 3.63) is 45.8 Å². The summed E-state index contributed by atoms with van der Waals surface area (Å²) in [5.74, 6) is -1.30. The number of carbonyl (C=O) groups excluding carboxylic acids is 1. The highest BCUT2D eigenvalue weighted by molar-refractivity contribution is 7.17. The summed E-state index contributed by atoms with van der Waals surface area (Å²) >= 11 is 1.40. The average Bonchev–Trinajstić information content (AvgIpc) is 2.99. The first-order chi connectivity index (χ1) is 14.0. The van der Waals surface area contributed by atoms with Crippen LogP contribution in [0, 0.1) is 5.41 Å². The van der Waals surface area contributed by atoms with Crippen molar-refractivity contribution in [3.63, 3.8) is 0 Å². The molecular weight excluding hydrogens is 400 g/mol. The molecule has 162 valence electrons. The van der Waals surface area contributed by atoms with Gasteiger partial charge in [-0.1, -0.05) is 27.7 Å². The van der Waals surface area contributed by atoms with Crippen LogP contribution in [-0.2, 0) is 16.6 Å². The topological polar surface area (TPSA) is 87.7 Å². The van der Waals surface area contributed by atoms with E-state index in [9.17, 15) is 14.7 Å². The predicted octanol–water partition coefficient (Wildman–Crippen LogP) is 5.01. The summed E-state index contributed by atoms with van der Waals surface area (Å²) in [6.07, 6.45) is 1.67. The Hall–Kier alpha value is -2.38. The fraction of sp³-hybridized carbons (Fsp3) is 0.478. The van der Waals surface area contributed by atoms with Crippen molar-refractivity contribution in [2.45, 2.75) is 46.0 Å². The van der Waals surface area contributed by atoms with Crippen molar-refractivity contribution in [2.24, 2.45) is 5.41 Å². The summed E-state index contributed by atoms with van der Waals surface area (Å²) in [6.45, 7) is 9.90. The summed E-state index contributed by atoms with van der Waals surface area (Å²) in [7, 11) is 1.64. The van der Waals surface area contributed by atoms with Gasteiger partial charge in [0.05, 0.1) is 12.2 Å². The number of ether oxygens (including phenoxy) is 1. The van der Waals surface area contributed by atoms with Crippen LogP contribution in [-0.4, -0.2) is 37.2 Å². The first-order valence-electron chi connectivity index (χ1n) is 10.1. The first kappa shape index (κ1) is 22.3. The molecule has 7 heteroatoms. The van der Waals surface area contributed by atoms with Gasteiger partial charge in [0.2, 0.25) is 0 Å². The van der Waals surface area contributed by atoms with E-state index in [-0.39, 0.29) is 22.3 Å². The minimum Gasteiger partial charge on any atom is -0.478 e. The van der Waals surface area contributed by atoms with Gasteiger partial charge in [-0.3, -0.25) is 4.79 Å². The summed E-state index contributed by atoms with van der Waals surface area (Å²) in [5, 5.41) is 16.4. The number of nitrogens with one attached hydrogen (secondary N) is 2. The molecule has 0 atom stereocenters. The van der Waals surface area contributed by atoms with Gasteiger partial charge in [0.1, 0.15) is 5.00 Å². The summed E-state index contributed by atoms with van der Waals surface area (Å²) in [4.78, 5) is 26.0. The Labute approximate surface area is 181 Å². The number of thiophene rings is 1. The number of benzene rings is 1. The molecule has 3 rings (SSSR count). The van der Waals surface area contributed by atoms with Gasteiger partial charge < -0.3 is 20.5 Å². The van der Waals surface area contributed by atoms with E-state index in [1.165, 1.54) is 11.3 Å². The molecule has 6 nitrogen and oxygen atoms in total. The molecule has 0 saturated heterocycles. The normalized spacial score (nSPS) is 16.6. The second-order valence-corrected chi connectivity index (χ2v) is 10.3. The molecule has 1 aromatic heterocycles. The van der Waals surface area contributed by atoms with Crippen molar-refractivity contribution in [1.29, 1.82) is 0 Å². The van der Waals surface area contributed by atoms with Crippen LogP contribution < -0.4 is 10.6 Å². The number of carboxylic acid groups (broad SMARTS) is 1. The molecule has 0 aliphatic heterocycles. The zero-order valence-electron chi connectivity index (χ0n) is 18.2. The monoisotopic (exact) mass is 430 g/mol. The highest BCUT2D eigenvalue weighted by Crippen LogP contribution is 2.52. The maximum atomic E-state index is 12.8. The predicted molar refractivity (Wildman–Crippen MR) is 121 cm³/mol. The molecule has 0 bridgehead atoms. The van der Waals surface area contributed by atoms with Crippen molar-refractivity contribution < 1.29 is 19.4 Å². The Kier molecular flexibility index (Phi) is 6.24. The molecule has 0 saturated carbocycles. The van der Waals surface area contributed by atoms with Crippen LogP contribution in [0.2, 0.25) is 0 Å². The van der Waals surface area contributed by atoms with Crippen LogP contribution in [0.5, 0.6) is 0 Å². The second kappa shape index (κ2) is 8.40. The molecule has 0 fully saturated rings. The van der Waals surface area contributed by atoms with Crippen LogP contribution in [0.15, 0.2) is 24.3 Å². The van der Waals surface area contributed by atoms with E-state index in [0.29, 0.717) is 30.1 Å². The zero-order valence-corrected chi connectivity index (χ0v) is 19.0. The van der Waals surface area contributed by atoms with Crippen molar-refractivity contribution in [2.75, 3.05) is 30.9 Å². The molecule has 1 aliphatic rings. The molecule has 2 aromatic rings. The highest BCUT2D eigenvalue weighted by Gasteiger charge is 2.42. The number of carboxylic acids is 1. The third kappa shape index (κ3) is 4.68. The van der Waals surface area contributed by atoms with E-state index in [1.807, 2.05) is 12.1 Å². The van der Waals surface area contributed by atoms with Crippen LogP contribution in [0.25, 0.3) is 0 Å². The Balaban J connectivity index is 1.86. The molecule has 3 N–H and O–H groups in total. The Bertz CT molecular complexity index is 945. The van der Waals surface area contributed by atoms with Gasteiger partial charge in [0.25, 0.3) is 5.91 Å². The largest absolute Gasteiger partial charge is 0.478 e. The Morgan fingerprint density at radius 1 is 1.17 bits per heavy atom. The quantitative estimate of drug-likeness (QED) is 0.538. The maximum absolute atomic E-state index is 12.8. The highest BCUT2D eigenvalue weighted by atomic mass is 32.1. The zero-order chi connectivity index (χ0) is 22.1. The number of hydrogen-bond donors (Lipinski definition) is 3. The molecular formula is C23H30N2O4S.